The van der Waals surface area contributed by atoms with Gasteiger partial charge in [-0.3, -0.25) is 4.79 Å². The Morgan fingerprint density at radius 3 is 2.49 bits per heavy atom. The van der Waals surface area contributed by atoms with Gasteiger partial charge in [-0.25, -0.2) is 18.6 Å². The largest absolute Gasteiger partial charge is 0.493 e. The summed E-state index contributed by atoms with van der Waals surface area (Å²) in [6.07, 6.45) is -2.47. The summed E-state index contributed by atoms with van der Waals surface area (Å²) in [5, 5.41) is 3.34. The first-order valence-electron chi connectivity index (χ1n) is 12.1. The van der Waals surface area contributed by atoms with Crippen LogP contribution in [-0.2, 0) is 29.0 Å². The Balaban J connectivity index is 2.02. The average Bonchev–Trinajstić information content (AvgIpc) is 3.13. The molecule has 1 aromatic heterocycles. The van der Waals surface area contributed by atoms with Gasteiger partial charge in [0.2, 0.25) is 5.91 Å². The van der Waals surface area contributed by atoms with E-state index in [1.165, 1.54) is 10.6 Å². The van der Waals surface area contributed by atoms with Crippen molar-refractivity contribution in [3.05, 3.63) is 57.9 Å². The van der Waals surface area contributed by atoms with Gasteiger partial charge in [-0.1, -0.05) is 44.5 Å². The zero-order chi connectivity index (χ0) is 27.3. The molecule has 200 valence electrons. The Bertz CT molecular complexity index is 1280. The van der Waals surface area contributed by atoms with Crippen molar-refractivity contribution >= 4 is 34.5 Å². The lowest BCUT2D eigenvalue weighted by atomic mass is 9.95. The van der Waals surface area contributed by atoms with Gasteiger partial charge in [0.05, 0.1) is 30.8 Å². The maximum atomic E-state index is 13.6. The molecule has 0 saturated carbocycles. The molecular weight excluding hydrogens is 504 g/mol. The fourth-order valence-corrected chi connectivity index (χ4v) is 4.00. The molecule has 1 amide bonds. The van der Waals surface area contributed by atoms with Crippen molar-refractivity contribution in [1.29, 1.82) is 0 Å². The molecule has 0 aliphatic rings. The van der Waals surface area contributed by atoms with E-state index in [0.29, 0.717) is 34.0 Å². The van der Waals surface area contributed by atoms with Crippen molar-refractivity contribution in [2.75, 3.05) is 13.2 Å². The first-order chi connectivity index (χ1) is 17.4. The van der Waals surface area contributed by atoms with Gasteiger partial charge in [0.15, 0.2) is 0 Å². The van der Waals surface area contributed by atoms with E-state index in [1.807, 2.05) is 26.8 Å². The van der Waals surface area contributed by atoms with Gasteiger partial charge in [-0.15, -0.1) is 0 Å². The second-order valence-electron chi connectivity index (χ2n) is 9.56. The fraction of sp³-hybridized carbons (Fsp3) is 0.444. The summed E-state index contributed by atoms with van der Waals surface area (Å²) >= 11 is 6.45. The zero-order valence-corrected chi connectivity index (χ0v) is 22.4. The normalized spacial score (nSPS) is 11.7. The van der Waals surface area contributed by atoms with Gasteiger partial charge >= 0.3 is 5.97 Å². The third-order valence-corrected chi connectivity index (χ3v) is 6.01. The lowest BCUT2D eigenvalue weighted by Gasteiger charge is -2.18. The Kier molecular flexibility index (Phi) is 9.12. The predicted molar refractivity (Wildman–Crippen MR) is 138 cm³/mol. The molecule has 1 N–H and O–H groups in total. The van der Waals surface area contributed by atoms with Crippen molar-refractivity contribution in [2.45, 2.75) is 60.6 Å². The number of amides is 1. The summed E-state index contributed by atoms with van der Waals surface area (Å²) in [6, 6.07) is 8.39. The molecule has 0 bridgehead atoms. The minimum atomic E-state index is -2.63. The van der Waals surface area contributed by atoms with Crippen LogP contribution in [-0.4, -0.2) is 41.1 Å². The Morgan fingerprint density at radius 2 is 1.86 bits per heavy atom. The number of imidazole rings is 1. The second kappa shape index (κ2) is 11.9. The molecular formula is C27H32ClF2N3O4. The van der Waals surface area contributed by atoms with Crippen LogP contribution in [0.1, 0.15) is 61.9 Å². The van der Waals surface area contributed by atoms with Crippen LogP contribution in [0.25, 0.3) is 11.0 Å². The molecule has 0 unspecified atom stereocenters. The smallest absolute Gasteiger partial charge is 0.341 e. The monoisotopic (exact) mass is 535 g/mol. The molecule has 0 fully saturated rings. The van der Waals surface area contributed by atoms with E-state index in [1.54, 1.807) is 32.0 Å². The highest BCUT2D eigenvalue weighted by atomic mass is 35.5. The lowest BCUT2D eigenvalue weighted by Crippen LogP contribution is -2.34. The van der Waals surface area contributed by atoms with E-state index in [4.69, 9.17) is 21.1 Å². The van der Waals surface area contributed by atoms with Crippen LogP contribution in [0.4, 0.5) is 8.78 Å². The highest BCUT2D eigenvalue weighted by Crippen LogP contribution is 2.30. The molecule has 2 aromatic carbocycles. The first kappa shape index (κ1) is 28.4. The van der Waals surface area contributed by atoms with Gasteiger partial charge in [0.25, 0.3) is 6.43 Å². The summed E-state index contributed by atoms with van der Waals surface area (Å²) in [5.74, 6) is -0.0716. The van der Waals surface area contributed by atoms with Crippen LogP contribution in [0.2, 0.25) is 5.02 Å². The van der Waals surface area contributed by atoms with Crippen molar-refractivity contribution in [1.82, 2.24) is 14.9 Å². The molecule has 0 aliphatic heterocycles. The number of aromatic nitrogens is 2. The molecule has 0 atom stereocenters. The molecule has 10 heteroatoms. The van der Waals surface area contributed by atoms with Crippen LogP contribution >= 0.6 is 11.6 Å². The summed E-state index contributed by atoms with van der Waals surface area (Å²) in [5.41, 5.74) is 1.92. The molecule has 3 rings (SSSR count). The summed E-state index contributed by atoms with van der Waals surface area (Å²) in [7, 11) is 0. The topological polar surface area (TPSA) is 82.5 Å². The molecule has 3 aromatic rings. The van der Waals surface area contributed by atoms with Crippen LogP contribution in [0.5, 0.6) is 5.75 Å². The number of hydrogen-bond donors (Lipinski definition) is 1. The van der Waals surface area contributed by atoms with E-state index in [0.717, 1.165) is 5.56 Å². The molecule has 0 radical (unpaired) electrons. The average molecular weight is 536 g/mol. The van der Waals surface area contributed by atoms with Crippen molar-refractivity contribution in [3.8, 4) is 5.75 Å². The number of halogens is 3. The number of rotatable bonds is 10. The number of nitrogens with zero attached hydrogens (tertiary/aromatic N) is 2. The minimum Gasteiger partial charge on any atom is -0.493 e. The number of esters is 1. The molecule has 0 aliphatic carbocycles. The minimum absolute atomic E-state index is 0.0924. The number of carbonyl (C=O) groups is 2. The van der Waals surface area contributed by atoms with Gasteiger partial charge in [0, 0.05) is 29.5 Å². The molecule has 37 heavy (non-hydrogen) atoms. The van der Waals surface area contributed by atoms with Crippen LogP contribution in [0, 0.1) is 5.41 Å². The predicted octanol–water partition coefficient (Wildman–Crippen LogP) is 5.78. The van der Waals surface area contributed by atoms with E-state index in [-0.39, 0.29) is 36.9 Å². The second-order valence-corrected chi connectivity index (χ2v) is 9.96. The number of alkyl halides is 2. The SMILES string of the molecule is CCOC(=O)c1cc2nc(Cc3cc(CNC(=O)C(C)(C)C)ccc3Cl)n(CC(F)F)c2cc1OCC. The van der Waals surface area contributed by atoms with Crippen LogP contribution in [0.15, 0.2) is 30.3 Å². The summed E-state index contributed by atoms with van der Waals surface area (Å²) < 4.78 is 39.4. The quantitative estimate of drug-likeness (QED) is 0.333. The maximum absolute atomic E-state index is 13.6. The third kappa shape index (κ3) is 6.97. The highest BCUT2D eigenvalue weighted by molar-refractivity contribution is 6.31. The van der Waals surface area contributed by atoms with Crippen LogP contribution < -0.4 is 10.1 Å². The summed E-state index contributed by atoms with van der Waals surface area (Å²) in [6.45, 7) is 9.11. The van der Waals surface area contributed by atoms with Crippen molar-refractivity contribution in [2.24, 2.45) is 5.41 Å². The van der Waals surface area contributed by atoms with E-state index in [2.05, 4.69) is 10.3 Å². The number of hydrogen-bond acceptors (Lipinski definition) is 5. The van der Waals surface area contributed by atoms with Crippen molar-refractivity contribution < 1.29 is 27.8 Å². The molecule has 0 spiro atoms. The zero-order valence-electron chi connectivity index (χ0n) is 21.7. The van der Waals surface area contributed by atoms with E-state index < -0.39 is 24.4 Å². The van der Waals surface area contributed by atoms with E-state index >= 15 is 0 Å². The maximum Gasteiger partial charge on any atom is 0.341 e. The van der Waals surface area contributed by atoms with Crippen molar-refractivity contribution in [3.63, 3.8) is 0 Å². The molecule has 7 nitrogen and oxygen atoms in total. The summed E-state index contributed by atoms with van der Waals surface area (Å²) in [4.78, 5) is 29.3. The van der Waals surface area contributed by atoms with Gasteiger partial charge in [-0.05, 0) is 37.1 Å². The number of fused-ring (bicyclic) bond motifs is 1. The number of carbonyl (C=O) groups excluding carboxylic acids is 2. The Morgan fingerprint density at radius 1 is 1.14 bits per heavy atom. The number of benzene rings is 2. The standard InChI is InChI=1S/C27H32ClF2N3O4/c1-6-36-22-13-21-20(12-18(22)25(34)37-7-2)32-24(33(21)15-23(29)30)11-17-10-16(8-9-19(17)28)14-31-26(35)27(3,4)5/h8-10,12-13,23H,6-7,11,14-15H2,1-5H3,(H,31,35). The lowest BCUT2D eigenvalue weighted by molar-refractivity contribution is -0.128. The highest BCUT2D eigenvalue weighted by Gasteiger charge is 2.23. The number of nitrogens with one attached hydrogen (secondary N) is 1. The number of ether oxygens (including phenoxy) is 2. The van der Waals surface area contributed by atoms with Gasteiger partial charge in [0.1, 0.15) is 17.1 Å². The molecule has 1 heterocycles. The van der Waals surface area contributed by atoms with Crippen LogP contribution in [0.3, 0.4) is 0 Å². The van der Waals surface area contributed by atoms with E-state index in [9.17, 15) is 18.4 Å². The van der Waals surface area contributed by atoms with Gasteiger partial charge < -0.3 is 19.4 Å². The Hall–Kier alpha value is -3.20. The van der Waals surface area contributed by atoms with Gasteiger partial charge in [-0.2, -0.15) is 0 Å². The Labute approximate surface area is 220 Å². The molecule has 0 saturated heterocycles. The fourth-order valence-electron chi connectivity index (χ4n) is 3.81. The third-order valence-electron chi connectivity index (χ3n) is 5.64. The first-order valence-corrected chi connectivity index (χ1v) is 12.5.